The maximum atomic E-state index is 6.06. The van der Waals surface area contributed by atoms with Crippen LogP contribution in [0.4, 0.5) is 11.7 Å². The van der Waals surface area contributed by atoms with Gasteiger partial charge in [0.15, 0.2) is 0 Å². The summed E-state index contributed by atoms with van der Waals surface area (Å²) in [6, 6.07) is 25.6. The van der Waals surface area contributed by atoms with Gasteiger partial charge in [0.25, 0.3) is 0 Å². The quantitative estimate of drug-likeness (QED) is 0.387. The largest absolute Gasteiger partial charge is 0.457 e. The second-order valence-electron chi connectivity index (χ2n) is 6.86. The number of nitrogens with zero attached hydrogens (tertiary/aromatic N) is 3. The first-order valence-electron chi connectivity index (χ1n) is 9.54. The molecule has 30 heavy (non-hydrogen) atoms. The lowest BCUT2D eigenvalue weighted by Gasteiger charge is -2.08. The van der Waals surface area contributed by atoms with Crippen molar-refractivity contribution in [3.05, 3.63) is 90.6 Å². The Balaban J connectivity index is 1.33. The maximum absolute atomic E-state index is 6.06. The fourth-order valence-corrected chi connectivity index (χ4v) is 3.19. The second kappa shape index (κ2) is 7.67. The average molecular weight is 394 g/mol. The van der Waals surface area contributed by atoms with Crippen molar-refractivity contribution in [3.8, 4) is 23.0 Å². The molecule has 0 aliphatic heterocycles. The van der Waals surface area contributed by atoms with Gasteiger partial charge in [0.1, 0.15) is 11.5 Å². The molecule has 0 unspecified atom stereocenters. The molecule has 2 heterocycles. The van der Waals surface area contributed by atoms with E-state index in [-0.39, 0.29) is 0 Å². The first kappa shape index (κ1) is 17.9. The molecular weight excluding hydrogens is 376 g/mol. The summed E-state index contributed by atoms with van der Waals surface area (Å²) in [5.74, 6) is 1.91. The Morgan fingerprint density at radius 3 is 2.60 bits per heavy atom. The molecule has 5 rings (SSSR count). The van der Waals surface area contributed by atoms with Crippen LogP contribution in [0.2, 0.25) is 0 Å². The molecule has 0 fully saturated rings. The summed E-state index contributed by atoms with van der Waals surface area (Å²) in [4.78, 5) is 4.36. The predicted molar refractivity (Wildman–Crippen MR) is 116 cm³/mol. The number of pyridine rings is 1. The molecule has 5 aromatic rings. The van der Waals surface area contributed by atoms with Crippen LogP contribution in [-0.4, -0.2) is 15.2 Å². The lowest BCUT2D eigenvalue weighted by atomic mass is 10.2. The molecule has 6 nitrogen and oxygen atoms in total. The van der Waals surface area contributed by atoms with Crippen LogP contribution in [-0.2, 0) is 0 Å². The number of rotatable bonds is 5. The van der Waals surface area contributed by atoms with Gasteiger partial charge in [-0.05, 0) is 67.1 Å². The maximum Gasteiger partial charge on any atom is 0.320 e. The van der Waals surface area contributed by atoms with Crippen molar-refractivity contribution in [3.63, 3.8) is 0 Å². The van der Waals surface area contributed by atoms with E-state index in [1.165, 1.54) is 0 Å². The molecule has 0 aliphatic rings. The van der Waals surface area contributed by atoms with Crippen molar-refractivity contribution in [2.75, 3.05) is 5.32 Å². The lowest BCUT2D eigenvalue weighted by molar-refractivity contribution is 0.488. The highest BCUT2D eigenvalue weighted by Gasteiger charge is 2.10. The normalized spacial score (nSPS) is 10.8. The zero-order valence-corrected chi connectivity index (χ0v) is 16.2. The molecular formula is C24H18N4O2. The minimum Gasteiger partial charge on any atom is -0.457 e. The molecule has 3 aromatic carbocycles. The monoisotopic (exact) mass is 394 g/mol. The zero-order valence-electron chi connectivity index (χ0n) is 16.2. The van der Waals surface area contributed by atoms with E-state index in [2.05, 4.69) is 20.5 Å². The molecule has 0 amide bonds. The van der Waals surface area contributed by atoms with Gasteiger partial charge in [-0.15, -0.1) is 5.10 Å². The van der Waals surface area contributed by atoms with Crippen LogP contribution >= 0.6 is 0 Å². The molecule has 0 spiro atoms. The summed E-state index contributed by atoms with van der Waals surface area (Å²) in [6.45, 7) is 2.03. The SMILES string of the molecule is Cc1cccc(Nc2nnc(-c3ccc(Oc4ccnc5ccccc45)cc3)o2)c1. The molecule has 0 saturated heterocycles. The summed E-state index contributed by atoms with van der Waals surface area (Å²) in [7, 11) is 0. The van der Waals surface area contributed by atoms with E-state index in [0.29, 0.717) is 17.7 Å². The van der Waals surface area contributed by atoms with Crippen molar-refractivity contribution in [1.82, 2.24) is 15.2 Å². The summed E-state index contributed by atoms with van der Waals surface area (Å²) < 4.78 is 11.8. The Kier molecular flexibility index (Phi) is 4.57. The third-order valence-corrected chi connectivity index (χ3v) is 4.63. The van der Waals surface area contributed by atoms with Crippen LogP contribution in [0, 0.1) is 6.92 Å². The number of benzene rings is 3. The van der Waals surface area contributed by atoms with Gasteiger partial charge in [-0.3, -0.25) is 4.98 Å². The van der Waals surface area contributed by atoms with E-state index in [4.69, 9.17) is 9.15 Å². The Morgan fingerprint density at radius 2 is 1.73 bits per heavy atom. The van der Waals surface area contributed by atoms with E-state index in [1.807, 2.05) is 85.8 Å². The average Bonchev–Trinajstić information content (AvgIpc) is 3.23. The number of nitrogens with one attached hydrogen (secondary N) is 1. The number of hydrogen-bond donors (Lipinski definition) is 1. The second-order valence-corrected chi connectivity index (χ2v) is 6.86. The number of aryl methyl sites for hydroxylation is 1. The van der Waals surface area contributed by atoms with Crippen LogP contribution < -0.4 is 10.1 Å². The van der Waals surface area contributed by atoms with Crippen LogP contribution in [0.25, 0.3) is 22.4 Å². The lowest BCUT2D eigenvalue weighted by Crippen LogP contribution is -1.90. The molecule has 0 bridgehead atoms. The number of ether oxygens (including phenoxy) is 1. The molecule has 0 saturated carbocycles. The van der Waals surface area contributed by atoms with Crippen molar-refractivity contribution in [2.24, 2.45) is 0 Å². The van der Waals surface area contributed by atoms with E-state index in [1.54, 1.807) is 6.20 Å². The number of anilines is 2. The predicted octanol–water partition coefficient (Wildman–Crippen LogP) is 6.13. The number of fused-ring (bicyclic) bond motifs is 1. The van der Waals surface area contributed by atoms with Crippen molar-refractivity contribution >= 4 is 22.6 Å². The van der Waals surface area contributed by atoms with Gasteiger partial charge in [0.2, 0.25) is 5.89 Å². The first-order chi connectivity index (χ1) is 14.7. The third kappa shape index (κ3) is 3.71. The summed E-state index contributed by atoms with van der Waals surface area (Å²) in [6.07, 6.45) is 1.74. The zero-order chi connectivity index (χ0) is 20.3. The molecule has 146 valence electrons. The fourth-order valence-electron chi connectivity index (χ4n) is 3.19. The van der Waals surface area contributed by atoms with Crippen molar-refractivity contribution in [2.45, 2.75) is 6.92 Å². The van der Waals surface area contributed by atoms with E-state index in [0.717, 1.165) is 33.5 Å². The Labute approximate surface area is 173 Å². The molecule has 0 aliphatic carbocycles. The minimum absolute atomic E-state index is 0.346. The van der Waals surface area contributed by atoms with Gasteiger partial charge in [-0.1, -0.05) is 29.4 Å². The van der Waals surface area contributed by atoms with Crippen LogP contribution in [0.15, 0.2) is 89.5 Å². The van der Waals surface area contributed by atoms with Gasteiger partial charge >= 0.3 is 6.01 Å². The van der Waals surface area contributed by atoms with Crippen molar-refractivity contribution < 1.29 is 9.15 Å². The summed E-state index contributed by atoms with van der Waals surface area (Å²) >= 11 is 0. The van der Waals surface area contributed by atoms with Gasteiger partial charge in [-0.25, -0.2) is 0 Å². The van der Waals surface area contributed by atoms with Gasteiger partial charge in [-0.2, -0.15) is 0 Å². The van der Waals surface area contributed by atoms with E-state index < -0.39 is 0 Å². The van der Waals surface area contributed by atoms with Crippen LogP contribution in [0.1, 0.15) is 5.56 Å². The summed E-state index contributed by atoms with van der Waals surface area (Å²) in [5.41, 5.74) is 3.76. The highest BCUT2D eigenvalue weighted by molar-refractivity contribution is 5.84. The molecule has 6 heteroatoms. The topological polar surface area (TPSA) is 73.1 Å². The Bertz CT molecular complexity index is 1310. The third-order valence-electron chi connectivity index (χ3n) is 4.63. The van der Waals surface area contributed by atoms with Crippen LogP contribution in [0.3, 0.4) is 0 Å². The first-order valence-corrected chi connectivity index (χ1v) is 9.54. The summed E-state index contributed by atoms with van der Waals surface area (Å²) in [5, 5.41) is 12.3. The highest BCUT2D eigenvalue weighted by Crippen LogP contribution is 2.30. The van der Waals surface area contributed by atoms with E-state index >= 15 is 0 Å². The standard InChI is InChI=1S/C24H18N4O2/c1-16-5-4-6-18(15-16)26-24-28-27-23(30-24)17-9-11-19(12-10-17)29-22-13-14-25-21-8-3-2-7-20(21)22/h2-15H,1H3,(H,26,28). The van der Waals surface area contributed by atoms with Gasteiger partial charge in [0.05, 0.1) is 5.52 Å². The molecule has 0 atom stereocenters. The Morgan fingerprint density at radius 1 is 0.867 bits per heavy atom. The Hall–Kier alpha value is -4.19. The molecule has 1 N–H and O–H groups in total. The van der Waals surface area contributed by atoms with Gasteiger partial charge < -0.3 is 14.5 Å². The van der Waals surface area contributed by atoms with Crippen molar-refractivity contribution in [1.29, 1.82) is 0 Å². The fraction of sp³-hybridized carbons (Fsp3) is 0.0417. The van der Waals surface area contributed by atoms with E-state index in [9.17, 15) is 0 Å². The smallest absolute Gasteiger partial charge is 0.320 e. The minimum atomic E-state index is 0.346. The highest BCUT2D eigenvalue weighted by atomic mass is 16.5. The van der Waals surface area contributed by atoms with Gasteiger partial charge in [0, 0.05) is 22.8 Å². The molecule has 0 radical (unpaired) electrons. The van der Waals surface area contributed by atoms with Crippen LogP contribution in [0.5, 0.6) is 11.5 Å². The number of hydrogen-bond acceptors (Lipinski definition) is 6. The molecule has 2 aromatic heterocycles. The number of aromatic nitrogens is 3. The number of para-hydroxylation sites is 1.